The Morgan fingerprint density at radius 3 is 2.32 bits per heavy atom. The van der Waals surface area contributed by atoms with Crippen LogP contribution < -0.4 is 10.6 Å². The number of aryl methyl sites for hydroxylation is 4. The summed E-state index contributed by atoms with van der Waals surface area (Å²) in [6, 6.07) is 7.13. The molecule has 2 aromatic rings. The lowest BCUT2D eigenvalue weighted by atomic mass is 9.96. The molecule has 1 aromatic heterocycles. The van der Waals surface area contributed by atoms with Crippen LogP contribution in [0.15, 0.2) is 28.7 Å². The molecule has 0 aliphatic carbocycles. The van der Waals surface area contributed by atoms with E-state index in [1.807, 2.05) is 19.9 Å². The fourth-order valence-electron chi connectivity index (χ4n) is 2.60. The van der Waals surface area contributed by atoms with E-state index < -0.39 is 17.4 Å². The number of furan rings is 1. The predicted octanol–water partition coefficient (Wildman–Crippen LogP) is 2.48. The minimum absolute atomic E-state index is 0.105. The Kier molecular flexibility index (Phi) is 5.33. The molecule has 2 amide bonds. The van der Waals surface area contributed by atoms with Crippen molar-refractivity contribution >= 4 is 17.5 Å². The number of amides is 2. The van der Waals surface area contributed by atoms with Gasteiger partial charge in [-0.1, -0.05) is 6.07 Å². The fraction of sp³-hybridized carbons (Fsp3) is 0.368. The van der Waals surface area contributed by atoms with Crippen LogP contribution in [0.4, 0.5) is 5.69 Å². The Balaban J connectivity index is 1.98. The van der Waals surface area contributed by atoms with Crippen molar-refractivity contribution in [3.05, 3.63) is 52.5 Å². The summed E-state index contributed by atoms with van der Waals surface area (Å²) in [6.07, 6.45) is 0. The first kappa shape index (κ1) is 18.7. The first-order valence-corrected chi connectivity index (χ1v) is 8.06. The lowest BCUT2D eigenvalue weighted by Crippen LogP contribution is -2.43. The summed E-state index contributed by atoms with van der Waals surface area (Å²) in [6.45, 7) is 8.87. The number of aliphatic hydroxyl groups is 1. The van der Waals surface area contributed by atoms with Crippen molar-refractivity contribution in [1.29, 1.82) is 0 Å². The zero-order valence-electron chi connectivity index (χ0n) is 15.2. The molecule has 0 saturated carbocycles. The third kappa shape index (κ3) is 4.48. The van der Waals surface area contributed by atoms with Crippen LogP contribution in [0.1, 0.15) is 35.1 Å². The van der Waals surface area contributed by atoms with Crippen molar-refractivity contribution < 1.29 is 19.1 Å². The van der Waals surface area contributed by atoms with Crippen LogP contribution in [0.3, 0.4) is 0 Å². The number of hydrogen-bond acceptors (Lipinski definition) is 4. The van der Waals surface area contributed by atoms with Gasteiger partial charge in [-0.3, -0.25) is 9.59 Å². The summed E-state index contributed by atoms with van der Waals surface area (Å²) < 4.78 is 5.40. The second-order valence-electron chi connectivity index (χ2n) is 6.54. The van der Waals surface area contributed by atoms with E-state index >= 15 is 0 Å². The normalized spacial score (nSPS) is 13.2. The maximum absolute atomic E-state index is 12.0. The molecule has 0 spiro atoms. The van der Waals surface area contributed by atoms with E-state index in [1.54, 1.807) is 39.0 Å². The number of rotatable bonds is 4. The summed E-state index contributed by atoms with van der Waals surface area (Å²) in [4.78, 5) is 24.0. The molecular formula is C19H24N2O4. The Morgan fingerprint density at radius 2 is 1.76 bits per heavy atom. The van der Waals surface area contributed by atoms with E-state index in [2.05, 4.69) is 10.6 Å². The highest BCUT2D eigenvalue weighted by atomic mass is 16.3. The molecule has 0 radical (unpaired) electrons. The molecule has 6 nitrogen and oxygen atoms in total. The molecule has 6 heteroatoms. The number of nitrogens with one attached hydrogen (secondary N) is 2. The van der Waals surface area contributed by atoms with Gasteiger partial charge < -0.3 is 20.2 Å². The van der Waals surface area contributed by atoms with Crippen LogP contribution in [0.2, 0.25) is 0 Å². The van der Waals surface area contributed by atoms with Crippen LogP contribution in [0.25, 0.3) is 0 Å². The maximum Gasteiger partial charge on any atom is 0.313 e. The maximum atomic E-state index is 12.0. The van der Waals surface area contributed by atoms with E-state index in [0.717, 1.165) is 11.1 Å². The monoisotopic (exact) mass is 344 g/mol. The summed E-state index contributed by atoms with van der Waals surface area (Å²) in [7, 11) is 0. The smallest absolute Gasteiger partial charge is 0.313 e. The molecule has 1 atom stereocenters. The van der Waals surface area contributed by atoms with Gasteiger partial charge in [-0.15, -0.1) is 0 Å². The van der Waals surface area contributed by atoms with Gasteiger partial charge in [0.25, 0.3) is 0 Å². The highest BCUT2D eigenvalue weighted by molar-refractivity contribution is 6.39. The van der Waals surface area contributed by atoms with Crippen molar-refractivity contribution in [2.24, 2.45) is 0 Å². The van der Waals surface area contributed by atoms with Gasteiger partial charge in [0.15, 0.2) is 0 Å². The van der Waals surface area contributed by atoms with Crippen LogP contribution in [0.5, 0.6) is 0 Å². The Hall–Kier alpha value is -2.60. The largest absolute Gasteiger partial charge is 0.466 e. The average Bonchev–Trinajstić information content (AvgIpc) is 2.88. The number of anilines is 1. The molecule has 2 rings (SSSR count). The van der Waals surface area contributed by atoms with E-state index in [0.29, 0.717) is 22.8 Å². The van der Waals surface area contributed by atoms with Gasteiger partial charge in [-0.25, -0.2) is 0 Å². The number of hydrogen-bond donors (Lipinski definition) is 3. The first-order chi connectivity index (χ1) is 11.6. The molecule has 1 heterocycles. The summed E-state index contributed by atoms with van der Waals surface area (Å²) in [5.41, 5.74) is 1.92. The van der Waals surface area contributed by atoms with E-state index in [4.69, 9.17) is 4.42 Å². The van der Waals surface area contributed by atoms with Crippen LogP contribution in [0, 0.1) is 27.7 Å². The van der Waals surface area contributed by atoms with Gasteiger partial charge in [-0.05, 0) is 63.9 Å². The van der Waals surface area contributed by atoms with Gasteiger partial charge in [0.1, 0.15) is 17.1 Å². The van der Waals surface area contributed by atoms with Gasteiger partial charge in [0.05, 0.1) is 6.54 Å². The molecule has 0 saturated heterocycles. The van der Waals surface area contributed by atoms with Gasteiger partial charge in [0.2, 0.25) is 0 Å². The molecule has 25 heavy (non-hydrogen) atoms. The quantitative estimate of drug-likeness (QED) is 0.743. The minimum atomic E-state index is -1.34. The summed E-state index contributed by atoms with van der Waals surface area (Å²) >= 11 is 0. The fourth-order valence-corrected chi connectivity index (χ4v) is 2.60. The lowest BCUT2D eigenvalue weighted by Gasteiger charge is -2.23. The molecule has 0 aliphatic rings. The second-order valence-corrected chi connectivity index (χ2v) is 6.54. The van der Waals surface area contributed by atoms with Gasteiger partial charge in [0, 0.05) is 11.3 Å². The topological polar surface area (TPSA) is 91.6 Å². The lowest BCUT2D eigenvalue weighted by molar-refractivity contribution is -0.136. The molecular weight excluding hydrogens is 320 g/mol. The molecule has 0 fully saturated rings. The summed E-state index contributed by atoms with van der Waals surface area (Å²) in [5, 5.41) is 15.6. The van der Waals surface area contributed by atoms with Crippen molar-refractivity contribution in [1.82, 2.24) is 5.32 Å². The van der Waals surface area contributed by atoms with Crippen molar-refractivity contribution in [2.45, 2.75) is 40.2 Å². The van der Waals surface area contributed by atoms with Crippen LogP contribution in [-0.4, -0.2) is 23.5 Å². The standard InChI is InChI=1S/C19H24N2O4/c1-11-6-7-15(8-12(11)2)21-18(23)17(22)20-10-19(5,24)16-9-13(3)25-14(16)4/h6-9,24H,10H2,1-5H3,(H,20,22)(H,21,23). The molecule has 0 aliphatic heterocycles. The van der Waals surface area contributed by atoms with Crippen molar-refractivity contribution in [3.63, 3.8) is 0 Å². The third-order valence-electron chi connectivity index (χ3n) is 4.19. The number of carbonyl (C=O) groups is 2. The number of carbonyl (C=O) groups excluding carboxylic acids is 2. The van der Waals surface area contributed by atoms with Gasteiger partial charge in [-0.2, -0.15) is 0 Å². The molecule has 1 unspecified atom stereocenters. The van der Waals surface area contributed by atoms with E-state index in [-0.39, 0.29) is 6.54 Å². The first-order valence-electron chi connectivity index (χ1n) is 8.06. The second kappa shape index (κ2) is 7.11. The average molecular weight is 344 g/mol. The molecule has 3 N–H and O–H groups in total. The zero-order chi connectivity index (χ0) is 18.8. The Morgan fingerprint density at radius 1 is 1.08 bits per heavy atom. The van der Waals surface area contributed by atoms with E-state index in [9.17, 15) is 14.7 Å². The van der Waals surface area contributed by atoms with Gasteiger partial charge >= 0.3 is 11.8 Å². The van der Waals surface area contributed by atoms with Crippen molar-refractivity contribution in [3.8, 4) is 0 Å². The molecule has 1 aromatic carbocycles. The predicted molar refractivity (Wildman–Crippen MR) is 95.3 cm³/mol. The SMILES string of the molecule is Cc1cc(C(C)(O)CNC(=O)C(=O)Nc2ccc(C)c(C)c2)c(C)o1. The van der Waals surface area contributed by atoms with Crippen LogP contribution >= 0.6 is 0 Å². The highest BCUT2D eigenvalue weighted by Gasteiger charge is 2.29. The third-order valence-corrected chi connectivity index (χ3v) is 4.19. The Bertz CT molecular complexity index is 806. The molecule has 134 valence electrons. The van der Waals surface area contributed by atoms with Crippen LogP contribution in [-0.2, 0) is 15.2 Å². The number of benzene rings is 1. The highest BCUT2D eigenvalue weighted by Crippen LogP contribution is 2.26. The minimum Gasteiger partial charge on any atom is -0.466 e. The van der Waals surface area contributed by atoms with Crippen molar-refractivity contribution in [2.75, 3.05) is 11.9 Å². The Labute approximate surface area is 147 Å². The molecule has 0 bridgehead atoms. The zero-order valence-corrected chi connectivity index (χ0v) is 15.2. The summed E-state index contributed by atoms with van der Waals surface area (Å²) in [5.74, 6) is -0.335. The van der Waals surface area contributed by atoms with E-state index in [1.165, 1.54) is 0 Å².